The van der Waals surface area contributed by atoms with Crippen molar-refractivity contribution in [1.82, 2.24) is 9.55 Å². The molecule has 0 amide bonds. The number of nitrogens with zero attached hydrogens (tertiary/aromatic N) is 2. The molecule has 0 radical (unpaired) electrons. The lowest BCUT2D eigenvalue weighted by Crippen LogP contribution is -2.02. The minimum atomic E-state index is 0.151. The lowest BCUT2D eigenvalue weighted by atomic mass is 10.1. The van der Waals surface area contributed by atoms with Crippen LogP contribution in [0, 0.1) is 13.8 Å². The predicted octanol–water partition coefficient (Wildman–Crippen LogP) is 5.49. The normalized spacial score (nSPS) is 11.0. The molecule has 0 bridgehead atoms. The quantitative estimate of drug-likeness (QED) is 0.486. The highest BCUT2D eigenvalue weighted by Crippen LogP contribution is 2.38. The number of hydrogen-bond donors (Lipinski definition) is 2. The van der Waals surface area contributed by atoms with E-state index in [9.17, 15) is 5.11 Å². The van der Waals surface area contributed by atoms with Gasteiger partial charge in [-0.15, -0.1) is 0 Å². The summed E-state index contributed by atoms with van der Waals surface area (Å²) in [7, 11) is 0. The molecule has 2 aromatic heterocycles. The number of benzene rings is 2. The van der Waals surface area contributed by atoms with Crippen molar-refractivity contribution in [1.29, 1.82) is 0 Å². The van der Waals surface area contributed by atoms with E-state index in [4.69, 9.17) is 4.74 Å². The molecule has 2 heterocycles. The average molecular weight is 373 g/mol. The number of aromatic nitrogens is 2. The van der Waals surface area contributed by atoms with Gasteiger partial charge < -0.3 is 15.2 Å². The summed E-state index contributed by atoms with van der Waals surface area (Å²) < 4.78 is 7.32. The molecule has 28 heavy (non-hydrogen) atoms. The van der Waals surface area contributed by atoms with Crippen LogP contribution in [0.2, 0.25) is 0 Å². The van der Waals surface area contributed by atoms with Gasteiger partial charge in [-0.3, -0.25) is 9.55 Å². The number of fused-ring (bicyclic) bond motifs is 1. The third-order valence-corrected chi connectivity index (χ3v) is 4.88. The second kappa shape index (κ2) is 7.27. The number of pyridine rings is 1. The van der Waals surface area contributed by atoms with Crippen LogP contribution in [0.1, 0.15) is 18.1 Å². The molecule has 2 aromatic carbocycles. The van der Waals surface area contributed by atoms with Gasteiger partial charge in [-0.2, -0.15) is 0 Å². The fourth-order valence-electron chi connectivity index (χ4n) is 3.29. The van der Waals surface area contributed by atoms with Crippen molar-refractivity contribution >= 4 is 22.4 Å². The number of hydrogen-bond acceptors (Lipinski definition) is 4. The Morgan fingerprint density at radius 2 is 1.82 bits per heavy atom. The number of aromatic hydroxyl groups is 1. The molecule has 5 heteroatoms. The molecular weight excluding hydrogens is 350 g/mol. The van der Waals surface area contributed by atoms with Gasteiger partial charge in [0.15, 0.2) is 0 Å². The Hall–Kier alpha value is -3.47. The highest BCUT2D eigenvalue weighted by Gasteiger charge is 2.19. The van der Waals surface area contributed by atoms with E-state index in [-0.39, 0.29) is 5.88 Å². The Morgan fingerprint density at radius 3 is 2.54 bits per heavy atom. The minimum Gasteiger partial charge on any atom is -0.494 e. The first-order valence-electron chi connectivity index (χ1n) is 9.34. The van der Waals surface area contributed by atoms with Gasteiger partial charge in [0, 0.05) is 11.9 Å². The highest BCUT2D eigenvalue weighted by atomic mass is 16.5. The van der Waals surface area contributed by atoms with Crippen LogP contribution in [0.4, 0.5) is 11.5 Å². The lowest BCUT2D eigenvalue weighted by Gasteiger charge is -2.14. The zero-order valence-electron chi connectivity index (χ0n) is 16.2. The molecule has 0 saturated heterocycles. The van der Waals surface area contributed by atoms with Crippen molar-refractivity contribution in [3.63, 3.8) is 0 Å². The monoisotopic (exact) mass is 373 g/mol. The van der Waals surface area contributed by atoms with E-state index < -0.39 is 0 Å². The second-order valence-electron chi connectivity index (χ2n) is 6.76. The summed E-state index contributed by atoms with van der Waals surface area (Å²) in [6.45, 7) is 6.74. The molecule has 0 aliphatic heterocycles. The highest BCUT2D eigenvalue weighted by molar-refractivity contribution is 5.97. The van der Waals surface area contributed by atoms with Crippen molar-refractivity contribution in [3.05, 3.63) is 71.9 Å². The maximum absolute atomic E-state index is 10.9. The van der Waals surface area contributed by atoms with E-state index in [1.807, 2.05) is 49.4 Å². The Kier molecular flexibility index (Phi) is 4.65. The van der Waals surface area contributed by atoms with Crippen LogP contribution in [0.5, 0.6) is 11.6 Å². The van der Waals surface area contributed by atoms with Gasteiger partial charge in [0.2, 0.25) is 5.88 Å². The second-order valence-corrected chi connectivity index (χ2v) is 6.76. The van der Waals surface area contributed by atoms with E-state index in [0.717, 1.165) is 22.9 Å². The molecule has 2 N–H and O–H groups in total. The third-order valence-electron chi connectivity index (χ3n) is 4.88. The molecule has 5 nitrogen and oxygen atoms in total. The molecule has 0 atom stereocenters. The van der Waals surface area contributed by atoms with E-state index >= 15 is 0 Å². The van der Waals surface area contributed by atoms with Crippen LogP contribution >= 0.6 is 0 Å². The summed E-state index contributed by atoms with van der Waals surface area (Å²) in [6, 6.07) is 17.5. The average Bonchev–Trinajstić information content (AvgIpc) is 2.98. The first-order valence-corrected chi connectivity index (χ1v) is 9.34. The largest absolute Gasteiger partial charge is 0.494 e. The van der Waals surface area contributed by atoms with Crippen LogP contribution in [-0.2, 0) is 0 Å². The van der Waals surface area contributed by atoms with Gasteiger partial charge in [-0.05, 0) is 80.4 Å². The van der Waals surface area contributed by atoms with Gasteiger partial charge in [0.25, 0.3) is 0 Å². The Labute approximate surface area is 164 Å². The van der Waals surface area contributed by atoms with E-state index in [2.05, 4.69) is 36.3 Å². The topological polar surface area (TPSA) is 59.3 Å². The Bertz CT molecular complexity index is 1130. The maximum atomic E-state index is 10.9. The molecule has 0 saturated carbocycles. The molecule has 0 spiro atoms. The molecular formula is C23H23N3O2. The molecule has 0 unspecified atom stereocenters. The first kappa shape index (κ1) is 17.9. The summed E-state index contributed by atoms with van der Waals surface area (Å²) in [6.07, 6.45) is 1.73. The zero-order chi connectivity index (χ0) is 19.7. The van der Waals surface area contributed by atoms with Gasteiger partial charge in [0.05, 0.1) is 17.7 Å². The van der Waals surface area contributed by atoms with Gasteiger partial charge >= 0.3 is 0 Å². The van der Waals surface area contributed by atoms with Gasteiger partial charge in [0.1, 0.15) is 17.1 Å². The standard InChI is InChI=1S/C23H23N3O2/c1-4-28-19-11-9-18(10-12-19)26-22(21-20(23(26)27)6-5-13-24-21)25-17-8-7-15(2)16(3)14-17/h5-14,25,27H,4H2,1-3H3. The molecule has 0 aliphatic carbocycles. The van der Waals surface area contributed by atoms with Crippen molar-refractivity contribution in [2.75, 3.05) is 11.9 Å². The van der Waals surface area contributed by atoms with Crippen molar-refractivity contribution in [2.45, 2.75) is 20.8 Å². The summed E-state index contributed by atoms with van der Waals surface area (Å²) in [4.78, 5) is 4.50. The summed E-state index contributed by atoms with van der Waals surface area (Å²) in [5.74, 6) is 1.67. The van der Waals surface area contributed by atoms with Crippen molar-refractivity contribution in [3.8, 4) is 17.3 Å². The maximum Gasteiger partial charge on any atom is 0.207 e. The molecule has 142 valence electrons. The number of anilines is 2. The van der Waals surface area contributed by atoms with Crippen molar-refractivity contribution < 1.29 is 9.84 Å². The number of rotatable bonds is 5. The third kappa shape index (κ3) is 3.16. The fourth-order valence-corrected chi connectivity index (χ4v) is 3.29. The van der Waals surface area contributed by atoms with Crippen molar-refractivity contribution in [2.24, 2.45) is 0 Å². The van der Waals surface area contributed by atoms with E-state index in [0.29, 0.717) is 17.5 Å². The first-order chi connectivity index (χ1) is 13.6. The van der Waals surface area contributed by atoms with Crippen LogP contribution in [0.25, 0.3) is 16.6 Å². The fraction of sp³-hybridized carbons (Fsp3) is 0.174. The molecule has 0 aliphatic rings. The van der Waals surface area contributed by atoms with Gasteiger partial charge in [-0.1, -0.05) is 6.07 Å². The summed E-state index contributed by atoms with van der Waals surface area (Å²) in [5.41, 5.74) is 4.92. The minimum absolute atomic E-state index is 0.151. The molecule has 0 fully saturated rings. The van der Waals surface area contributed by atoms with E-state index in [1.165, 1.54) is 11.1 Å². The lowest BCUT2D eigenvalue weighted by molar-refractivity contribution is 0.340. The molecule has 4 rings (SSSR count). The Balaban J connectivity index is 1.86. The summed E-state index contributed by atoms with van der Waals surface area (Å²) >= 11 is 0. The summed E-state index contributed by atoms with van der Waals surface area (Å²) in [5, 5.41) is 15.1. The predicted molar refractivity (Wildman–Crippen MR) is 113 cm³/mol. The van der Waals surface area contributed by atoms with Gasteiger partial charge in [-0.25, -0.2) is 0 Å². The Morgan fingerprint density at radius 1 is 1.04 bits per heavy atom. The molecule has 4 aromatic rings. The van der Waals surface area contributed by atoms with Crippen LogP contribution in [-0.4, -0.2) is 21.3 Å². The number of ether oxygens (including phenoxy) is 1. The SMILES string of the molecule is CCOc1ccc(-n2c(O)c3cccnc3c2Nc2ccc(C)c(C)c2)cc1. The number of aryl methyl sites for hydroxylation is 2. The van der Waals surface area contributed by atoms with Crippen LogP contribution < -0.4 is 10.1 Å². The van der Waals surface area contributed by atoms with E-state index in [1.54, 1.807) is 10.8 Å². The van der Waals surface area contributed by atoms with Crippen LogP contribution in [0.15, 0.2) is 60.8 Å². The van der Waals surface area contributed by atoms with Crippen LogP contribution in [0.3, 0.4) is 0 Å². The number of nitrogens with one attached hydrogen (secondary N) is 1. The zero-order valence-corrected chi connectivity index (χ0v) is 16.2. The smallest absolute Gasteiger partial charge is 0.207 e.